The zero-order valence-corrected chi connectivity index (χ0v) is 14.5. The number of ether oxygens (including phenoxy) is 1. The van der Waals surface area contributed by atoms with Crippen LogP contribution >= 0.6 is 23.7 Å². The summed E-state index contributed by atoms with van der Waals surface area (Å²) in [5.41, 5.74) is 6.87. The van der Waals surface area contributed by atoms with E-state index in [0.29, 0.717) is 12.6 Å². The molecule has 1 fully saturated rings. The highest BCUT2D eigenvalue weighted by atomic mass is 35.5. The Labute approximate surface area is 142 Å². The third kappa shape index (κ3) is 4.02. The predicted molar refractivity (Wildman–Crippen MR) is 92.1 cm³/mol. The van der Waals surface area contributed by atoms with Crippen LogP contribution in [0.3, 0.4) is 0 Å². The number of hydrogen-bond acceptors (Lipinski definition) is 4. The van der Waals surface area contributed by atoms with Crippen molar-refractivity contribution in [3.63, 3.8) is 0 Å². The maximum absolute atomic E-state index is 12.6. The van der Waals surface area contributed by atoms with Crippen LogP contribution in [0.25, 0.3) is 0 Å². The van der Waals surface area contributed by atoms with Crippen LogP contribution in [0.4, 0.5) is 0 Å². The Morgan fingerprint density at radius 3 is 2.82 bits per heavy atom. The molecule has 0 bridgehead atoms. The molecule has 1 amide bonds. The summed E-state index contributed by atoms with van der Waals surface area (Å²) in [7, 11) is 0. The highest BCUT2D eigenvalue weighted by Gasteiger charge is 2.26. The summed E-state index contributed by atoms with van der Waals surface area (Å²) in [6.45, 7) is 3.05. The Bertz CT molecular complexity index is 477. The van der Waals surface area contributed by atoms with E-state index in [1.165, 1.54) is 16.9 Å². The van der Waals surface area contributed by atoms with Gasteiger partial charge in [0, 0.05) is 24.6 Å². The van der Waals surface area contributed by atoms with Gasteiger partial charge in [0.05, 0.1) is 11.0 Å². The smallest absolute Gasteiger partial charge is 0.263 e. The van der Waals surface area contributed by atoms with Crippen LogP contribution in [0.2, 0.25) is 0 Å². The first-order valence-corrected chi connectivity index (χ1v) is 8.82. The topological polar surface area (TPSA) is 55.6 Å². The molecule has 22 heavy (non-hydrogen) atoms. The van der Waals surface area contributed by atoms with E-state index >= 15 is 0 Å². The van der Waals surface area contributed by atoms with Crippen LogP contribution in [-0.4, -0.2) is 43.2 Å². The maximum Gasteiger partial charge on any atom is 0.263 e. The standard InChI is InChI=1S/C16H24N2O2S.ClH/c17-7-2-10-20-13-5-8-18(9-6-13)16(19)15-11-12-3-1-4-14(12)21-15;/h11,13H,1-10,17H2;1H. The van der Waals surface area contributed by atoms with E-state index in [1.807, 2.05) is 4.90 Å². The van der Waals surface area contributed by atoms with Crippen molar-refractivity contribution in [1.29, 1.82) is 0 Å². The van der Waals surface area contributed by atoms with E-state index in [4.69, 9.17) is 10.5 Å². The Morgan fingerprint density at radius 1 is 1.36 bits per heavy atom. The van der Waals surface area contributed by atoms with Crippen molar-refractivity contribution in [2.75, 3.05) is 26.2 Å². The van der Waals surface area contributed by atoms with Gasteiger partial charge in [-0.15, -0.1) is 23.7 Å². The number of halogens is 1. The molecular weight excluding hydrogens is 320 g/mol. The first kappa shape index (κ1) is 17.7. The summed E-state index contributed by atoms with van der Waals surface area (Å²) in [6.07, 6.45) is 6.67. The van der Waals surface area contributed by atoms with Gasteiger partial charge >= 0.3 is 0 Å². The number of hydrogen-bond donors (Lipinski definition) is 1. The highest BCUT2D eigenvalue weighted by Crippen LogP contribution is 2.31. The lowest BCUT2D eigenvalue weighted by atomic mass is 10.1. The highest BCUT2D eigenvalue weighted by molar-refractivity contribution is 7.14. The summed E-state index contributed by atoms with van der Waals surface area (Å²) < 4.78 is 5.79. The van der Waals surface area contributed by atoms with Crippen molar-refractivity contribution in [3.05, 3.63) is 21.4 Å². The molecule has 2 heterocycles. The second kappa shape index (κ2) is 8.29. The van der Waals surface area contributed by atoms with Crippen LogP contribution in [0.1, 0.15) is 45.8 Å². The number of carbonyl (C=O) groups excluding carboxylic acids is 1. The van der Waals surface area contributed by atoms with Crippen LogP contribution in [0, 0.1) is 0 Å². The lowest BCUT2D eigenvalue weighted by Gasteiger charge is -2.31. The summed E-state index contributed by atoms with van der Waals surface area (Å²) in [4.78, 5) is 16.9. The second-order valence-electron chi connectivity index (χ2n) is 5.92. The number of aryl methyl sites for hydroxylation is 2. The number of carbonyl (C=O) groups is 1. The monoisotopic (exact) mass is 344 g/mol. The third-order valence-corrected chi connectivity index (χ3v) is 5.61. The number of piperidine rings is 1. The predicted octanol–water partition coefficient (Wildman–Crippen LogP) is 2.63. The van der Waals surface area contributed by atoms with Crippen molar-refractivity contribution in [2.24, 2.45) is 5.73 Å². The molecule has 1 aromatic heterocycles. The molecule has 124 valence electrons. The SMILES string of the molecule is Cl.NCCCOC1CCN(C(=O)c2cc3c(s2)CCC3)CC1. The molecule has 0 aromatic carbocycles. The molecule has 3 rings (SSSR count). The Kier molecular flexibility index (Phi) is 6.68. The zero-order valence-electron chi connectivity index (χ0n) is 12.9. The summed E-state index contributed by atoms with van der Waals surface area (Å²) in [5, 5.41) is 0. The van der Waals surface area contributed by atoms with E-state index in [2.05, 4.69) is 6.07 Å². The molecule has 2 aliphatic rings. The Hall–Kier alpha value is -0.620. The first-order chi connectivity index (χ1) is 10.3. The first-order valence-electron chi connectivity index (χ1n) is 8.00. The number of amides is 1. The molecule has 2 N–H and O–H groups in total. The molecule has 0 radical (unpaired) electrons. The molecule has 1 saturated heterocycles. The van der Waals surface area contributed by atoms with Gasteiger partial charge in [-0.25, -0.2) is 0 Å². The summed E-state index contributed by atoms with van der Waals surface area (Å²) >= 11 is 1.71. The zero-order chi connectivity index (χ0) is 14.7. The van der Waals surface area contributed by atoms with E-state index in [1.54, 1.807) is 11.3 Å². The fourth-order valence-electron chi connectivity index (χ4n) is 3.15. The van der Waals surface area contributed by atoms with Gasteiger partial charge in [0.15, 0.2) is 0 Å². The van der Waals surface area contributed by atoms with Gasteiger partial charge in [0.1, 0.15) is 0 Å². The molecule has 4 nitrogen and oxygen atoms in total. The summed E-state index contributed by atoms with van der Waals surface area (Å²) in [6, 6.07) is 2.12. The van der Waals surface area contributed by atoms with Crippen molar-refractivity contribution in [1.82, 2.24) is 4.90 Å². The van der Waals surface area contributed by atoms with E-state index in [0.717, 1.165) is 56.7 Å². The van der Waals surface area contributed by atoms with Crippen molar-refractivity contribution in [3.8, 4) is 0 Å². The minimum absolute atomic E-state index is 0. The molecule has 0 unspecified atom stereocenters. The number of rotatable bonds is 5. The largest absolute Gasteiger partial charge is 0.378 e. The average molecular weight is 345 g/mol. The Morgan fingerprint density at radius 2 is 2.14 bits per heavy atom. The third-order valence-electron chi connectivity index (χ3n) is 4.39. The van der Waals surface area contributed by atoms with Crippen LogP contribution in [0.5, 0.6) is 0 Å². The average Bonchev–Trinajstić information content (AvgIpc) is 3.09. The van der Waals surface area contributed by atoms with Gasteiger partial charge < -0.3 is 15.4 Å². The molecule has 1 aromatic rings. The van der Waals surface area contributed by atoms with Crippen molar-refractivity contribution >= 4 is 29.7 Å². The molecule has 1 aliphatic heterocycles. The number of thiophene rings is 1. The maximum atomic E-state index is 12.6. The fourth-order valence-corrected chi connectivity index (χ4v) is 4.37. The van der Waals surface area contributed by atoms with Gasteiger partial charge in [0.25, 0.3) is 5.91 Å². The number of likely N-dealkylation sites (tertiary alicyclic amines) is 1. The van der Waals surface area contributed by atoms with Crippen LogP contribution in [0.15, 0.2) is 6.07 Å². The lowest BCUT2D eigenvalue weighted by molar-refractivity contribution is 0.00857. The molecule has 0 spiro atoms. The molecular formula is C16H25ClN2O2S. The minimum atomic E-state index is 0. The molecule has 6 heteroatoms. The van der Waals surface area contributed by atoms with Gasteiger partial charge in [-0.05, 0) is 56.7 Å². The number of nitrogens with two attached hydrogens (primary N) is 1. The molecule has 0 atom stereocenters. The second-order valence-corrected chi connectivity index (χ2v) is 7.05. The van der Waals surface area contributed by atoms with E-state index < -0.39 is 0 Å². The lowest BCUT2D eigenvalue weighted by Crippen LogP contribution is -2.40. The van der Waals surface area contributed by atoms with Gasteiger partial charge in [-0.3, -0.25) is 4.79 Å². The van der Waals surface area contributed by atoms with Gasteiger partial charge in [-0.1, -0.05) is 0 Å². The van der Waals surface area contributed by atoms with Gasteiger partial charge in [0.2, 0.25) is 0 Å². The van der Waals surface area contributed by atoms with E-state index in [9.17, 15) is 4.79 Å². The number of nitrogens with zero attached hydrogens (tertiary/aromatic N) is 1. The van der Waals surface area contributed by atoms with Crippen molar-refractivity contribution < 1.29 is 9.53 Å². The minimum Gasteiger partial charge on any atom is -0.378 e. The molecule has 0 saturated carbocycles. The number of fused-ring (bicyclic) bond motifs is 1. The summed E-state index contributed by atoms with van der Waals surface area (Å²) in [5.74, 6) is 0.217. The van der Waals surface area contributed by atoms with Crippen LogP contribution in [-0.2, 0) is 17.6 Å². The van der Waals surface area contributed by atoms with Gasteiger partial charge in [-0.2, -0.15) is 0 Å². The van der Waals surface area contributed by atoms with E-state index in [-0.39, 0.29) is 18.3 Å². The van der Waals surface area contributed by atoms with Crippen LogP contribution < -0.4 is 5.73 Å². The fraction of sp³-hybridized carbons (Fsp3) is 0.688. The normalized spacial score (nSPS) is 18.1. The Balaban J connectivity index is 0.00000176. The quantitative estimate of drug-likeness (QED) is 0.835. The molecule has 1 aliphatic carbocycles. The van der Waals surface area contributed by atoms with Crippen molar-refractivity contribution in [2.45, 2.75) is 44.6 Å².